The molecule has 0 N–H and O–H groups in total. The van der Waals surface area contributed by atoms with Crippen LogP contribution in [0.4, 0.5) is 0 Å². The number of nitrogens with zero attached hydrogens (tertiary/aromatic N) is 5. The smallest absolute Gasteiger partial charge is 0.140 e. The molecule has 5 aromatic carbocycles. The van der Waals surface area contributed by atoms with Gasteiger partial charge in [-0.2, -0.15) is 0 Å². The zero-order chi connectivity index (χ0) is 27.8. The standard InChI is InChI=1S/C37H25N5/c1-40-33-15-7-4-12-30(33)39-37(40)24-17-19-28-26-10-2-5-13-31(26)41(34(28)22-24)25-18-20-29-27-11-3-6-14-32(27)42(35(29)23-25)36-16-8-9-21-38-36/h2-23H,1H3. The van der Waals surface area contributed by atoms with Gasteiger partial charge in [0.25, 0.3) is 0 Å². The van der Waals surface area contributed by atoms with Gasteiger partial charge in [0.05, 0.1) is 33.1 Å². The van der Waals surface area contributed by atoms with Crippen molar-refractivity contribution in [3.63, 3.8) is 0 Å². The summed E-state index contributed by atoms with van der Waals surface area (Å²) < 4.78 is 6.84. The maximum absolute atomic E-state index is 5.00. The lowest BCUT2D eigenvalue weighted by Gasteiger charge is -2.11. The van der Waals surface area contributed by atoms with E-state index in [2.05, 4.69) is 130 Å². The molecule has 0 bridgehead atoms. The molecule has 0 unspecified atom stereocenters. The molecule has 0 amide bonds. The summed E-state index contributed by atoms with van der Waals surface area (Å²) in [6.07, 6.45) is 1.86. The van der Waals surface area contributed by atoms with Crippen LogP contribution in [0.1, 0.15) is 0 Å². The summed E-state index contributed by atoms with van der Waals surface area (Å²) in [5.41, 5.74) is 8.93. The van der Waals surface area contributed by atoms with Gasteiger partial charge in [-0.1, -0.05) is 72.8 Å². The van der Waals surface area contributed by atoms with Crippen LogP contribution in [-0.2, 0) is 7.05 Å². The van der Waals surface area contributed by atoms with E-state index in [1.165, 1.54) is 27.1 Å². The highest BCUT2D eigenvalue weighted by atomic mass is 15.1. The highest BCUT2D eigenvalue weighted by Gasteiger charge is 2.18. The van der Waals surface area contributed by atoms with Crippen molar-refractivity contribution in [3.8, 4) is 22.9 Å². The molecule has 0 atom stereocenters. The number of para-hydroxylation sites is 4. The van der Waals surface area contributed by atoms with Gasteiger partial charge in [0.15, 0.2) is 0 Å². The molecule has 0 aliphatic rings. The third-order valence-corrected chi connectivity index (χ3v) is 8.51. The van der Waals surface area contributed by atoms with Gasteiger partial charge < -0.3 is 9.13 Å². The molecule has 0 aliphatic carbocycles. The van der Waals surface area contributed by atoms with Gasteiger partial charge in [0, 0.05) is 46.0 Å². The minimum Gasteiger partial charge on any atom is -0.327 e. The van der Waals surface area contributed by atoms with E-state index in [1.807, 2.05) is 24.4 Å². The lowest BCUT2D eigenvalue weighted by molar-refractivity contribution is 0.959. The second kappa shape index (κ2) is 8.66. The maximum Gasteiger partial charge on any atom is 0.140 e. The highest BCUT2D eigenvalue weighted by Crippen LogP contribution is 2.38. The zero-order valence-corrected chi connectivity index (χ0v) is 22.9. The Kier molecular flexibility index (Phi) is 4.75. The van der Waals surface area contributed by atoms with Crippen LogP contribution >= 0.6 is 0 Å². The normalized spacial score (nSPS) is 11.9. The van der Waals surface area contributed by atoms with Gasteiger partial charge >= 0.3 is 0 Å². The molecule has 9 rings (SSSR count). The largest absolute Gasteiger partial charge is 0.327 e. The van der Waals surface area contributed by atoms with Crippen molar-refractivity contribution >= 4 is 54.6 Å². The van der Waals surface area contributed by atoms with E-state index >= 15 is 0 Å². The van der Waals surface area contributed by atoms with Crippen molar-refractivity contribution < 1.29 is 0 Å². The summed E-state index contributed by atoms with van der Waals surface area (Å²) >= 11 is 0. The molecule has 4 heterocycles. The molecule has 42 heavy (non-hydrogen) atoms. The van der Waals surface area contributed by atoms with Crippen LogP contribution in [0.2, 0.25) is 0 Å². The average molecular weight is 540 g/mol. The fourth-order valence-electron chi connectivity index (χ4n) is 6.62. The number of pyridine rings is 1. The second-order valence-corrected chi connectivity index (χ2v) is 10.8. The van der Waals surface area contributed by atoms with E-state index in [-0.39, 0.29) is 0 Å². The molecular weight excluding hydrogens is 514 g/mol. The molecule has 0 saturated heterocycles. The van der Waals surface area contributed by atoms with Gasteiger partial charge in [0.1, 0.15) is 11.6 Å². The lowest BCUT2D eigenvalue weighted by atomic mass is 10.1. The quantitative estimate of drug-likeness (QED) is 0.225. The number of benzene rings is 5. The molecule has 5 heteroatoms. The van der Waals surface area contributed by atoms with Crippen molar-refractivity contribution in [2.75, 3.05) is 0 Å². The van der Waals surface area contributed by atoms with Crippen molar-refractivity contribution in [3.05, 3.63) is 134 Å². The Morgan fingerprint density at radius 1 is 0.500 bits per heavy atom. The van der Waals surface area contributed by atoms with Gasteiger partial charge in [-0.05, 0) is 54.6 Å². The van der Waals surface area contributed by atoms with Crippen LogP contribution in [0.5, 0.6) is 0 Å². The Morgan fingerprint density at radius 2 is 1.12 bits per heavy atom. The fourth-order valence-corrected chi connectivity index (χ4v) is 6.62. The highest BCUT2D eigenvalue weighted by molar-refractivity contribution is 6.12. The Morgan fingerprint density at radius 3 is 1.86 bits per heavy atom. The zero-order valence-electron chi connectivity index (χ0n) is 22.9. The summed E-state index contributed by atoms with van der Waals surface area (Å²) in [7, 11) is 2.09. The molecule has 4 aromatic heterocycles. The number of hydrogen-bond acceptors (Lipinski definition) is 2. The molecule has 198 valence electrons. The van der Waals surface area contributed by atoms with E-state index in [4.69, 9.17) is 9.97 Å². The predicted molar refractivity (Wildman–Crippen MR) is 173 cm³/mol. The Labute approximate surface area is 241 Å². The molecule has 0 spiro atoms. The first-order valence-corrected chi connectivity index (χ1v) is 14.2. The summed E-state index contributed by atoms with van der Waals surface area (Å²) in [5.74, 6) is 1.87. The van der Waals surface area contributed by atoms with E-state index in [0.717, 1.165) is 50.5 Å². The number of hydrogen-bond donors (Lipinski definition) is 0. The number of imidazole rings is 1. The van der Waals surface area contributed by atoms with Crippen molar-refractivity contribution in [2.45, 2.75) is 0 Å². The van der Waals surface area contributed by atoms with Crippen LogP contribution in [0.15, 0.2) is 134 Å². The van der Waals surface area contributed by atoms with E-state index in [9.17, 15) is 0 Å². The Hall–Kier alpha value is -5.68. The predicted octanol–water partition coefficient (Wildman–Crippen LogP) is 8.83. The summed E-state index contributed by atoms with van der Waals surface area (Å²) in [6.45, 7) is 0. The van der Waals surface area contributed by atoms with Crippen LogP contribution in [0.3, 0.4) is 0 Å². The van der Waals surface area contributed by atoms with Crippen LogP contribution < -0.4 is 0 Å². The lowest BCUT2D eigenvalue weighted by Crippen LogP contribution is -1.98. The molecule has 0 saturated carbocycles. The van der Waals surface area contributed by atoms with Crippen molar-refractivity contribution in [2.24, 2.45) is 7.05 Å². The van der Waals surface area contributed by atoms with Crippen molar-refractivity contribution in [1.29, 1.82) is 0 Å². The monoisotopic (exact) mass is 539 g/mol. The van der Waals surface area contributed by atoms with Crippen LogP contribution in [-0.4, -0.2) is 23.7 Å². The van der Waals surface area contributed by atoms with Gasteiger partial charge in [-0.15, -0.1) is 0 Å². The number of rotatable bonds is 3. The first-order valence-electron chi connectivity index (χ1n) is 14.2. The second-order valence-electron chi connectivity index (χ2n) is 10.8. The Bertz CT molecular complexity index is 2480. The summed E-state index contributed by atoms with van der Waals surface area (Å²) in [4.78, 5) is 9.73. The summed E-state index contributed by atoms with van der Waals surface area (Å²) in [5, 5.41) is 4.88. The maximum atomic E-state index is 5.00. The average Bonchev–Trinajstić information content (AvgIpc) is 3.68. The number of aromatic nitrogens is 5. The molecule has 5 nitrogen and oxygen atoms in total. The topological polar surface area (TPSA) is 40.6 Å². The van der Waals surface area contributed by atoms with E-state index < -0.39 is 0 Å². The van der Waals surface area contributed by atoms with E-state index in [0.29, 0.717) is 0 Å². The molecule has 0 radical (unpaired) electrons. The minimum atomic E-state index is 0.909. The SMILES string of the molecule is Cn1c(-c2ccc3c4ccccc4n(-c4ccc5c6ccccc6n(-c6ccccn6)c5c4)c3c2)nc2ccccc21. The van der Waals surface area contributed by atoms with Gasteiger partial charge in [-0.25, -0.2) is 9.97 Å². The van der Waals surface area contributed by atoms with Crippen LogP contribution in [0.25, 0.3) is 77.5 Å². The Balaban J connectivity index is 1.35. The van der Waals surface area contributed by atoms with Crippen molar-refractivity contribution in [1.82, 2.24) is 23.7 Å². The number of aryl methyl sites for hydroxylation is 1. The van der Waals surface area contributed by atoms with Gasteiger partial charge in [0.2, 0.25) is 0 Å². The molecule has 0 aliphatic heterocycles. The third-order valence-electron chi connectivity index (χ3n) is 8.51. The molecular formula is C37H25N5. The fraction of sp³-hybridized carbons (Fsp3) is 0.0270. The van der Waals surface area contributed by atoms with Gasteiger partial charge in [-0.3, -0.25) is 4.57 Å². The van der Waals surface area contributed by atoms with Crippen LogP contribution in [0, 0.1) is 0 Å². The third kappa shape index (κ3) is 3.19. The van der Waals surface area contributed by atoms with E-state index in [1.54, 1.807) is 0 Å². The first-order chi connectivity index (χ1) is 20.8. The minimum absolute atomic E-state index is 0.909. The first kappa shape index (κ1) is 23.1. The molecule has 9 aromatic rings. The molecule has 0 fully saturated rings. The number of fused-ring (bicyclic) bond motifs is 7. The summed E-state index contributed by atoms with van der Waals surface area (Å²) in [6, 6.07) is 45.1.